The normalized spacial score (nSPS) is 12.1. The van der Waals surface area contributed by atoms with Gasteiger partial charge in [-0.25, -0.2) is 10.2 Å². The highest BCUT2D eigenvalue weighted by Gasteiger charge is 2.18. The zero-order valence-electron chi connectivity index (χ0n) is 16.7. The van der Waals surface area contributed by atoms with Gasteiger partial charge in [0.15, 0.2) is 23.0 Å². The van der Waals surface area contributed by atoms with Gasteiger partial charge in [-0.1, -0.05) is 0 Å². The van der Waals surface area contributed by atoms with Gasteiger partial charge in [0.2, 0.25) is 6.79 Å². The van der Waals surface area contributed by atoms with Gasteiger partial charge in [0.25, 0.3) is 5.91 Å². The van der Waals surface area contributed by atoms with Crippen LogP contribution in [0.5, 0.6) is 23.0 Å². The largest absolute Gasteiger partial charge is 0.493 e. The molecule has 1 N–H and O–H groups in total. The first-order chi connectivity index (χ1) is 15.0. The highest BCUT2D eigenvalue weighted by Crippen LogP contribution is 2.33. The van der Waals surface area contributed by atoms with E-state index in [0.717, 1.165) is 0 Å². The lowest BCUT2D eigenvalue weighted by Crippen LogP contribution is -2.17. The van der Waals surface area contributed by atoms with Gasteiger partial charge in [-0.15, -0.1) is 0 Å². The van der Waals surface area contributed by atoms with Crippen molar-refractivity contribution in [3.05, 3.63) is 71.2 Å². The number of nitrogens with zero attached hydrogens (tertiary/aromatic N) is 1. The zero-order valence-corrected chi connectivity index (χ0v) is 16.7. The van der Waals surface area contributed by atoms with Crippen LogP contribution in [0.25, 0.3) is 0 Å². The van der Waals surface area contributed by atoms with Crippen LogP contribution in [-0.2, 0) is 0 Å². The van der Waals surface area contributed by atoms with Crippen molar-refractivity contribution in [1.82, 2.24) is 5.43 Å². The van der Waals surface area contributed by atoms with Crippen molar-refractivity contribution in [2.24, 2.45) is 5.10 Å². The maximum Gasteiger partial charge on any atom is 0.343 e. The lowest BCUT2D eigenvalue weighted by molar-refractivity contribution is 0.0729. The fraction of sp³-hybridized carbons (Fsp3) is 0.136. The SMILES string of the molecule is COc1cc(C=NNC(=O)c2ccoc2C)ccc1OC(=O)c1ccc2c(c1)OCO2. The summed E-state index contributed by atoms with van der Waals surface area (Å²) in [6.07, 6.45) is 2.88. The lowest BCUT2D eigenvalue weighted by atomic mass is 10.2. The predicted molar refractivity (Wildman–Crippen MR) is 109 cm³/mol. The number of hydrogen-bond acceptors (Lipinski definition) is 8. The predicted octanol–water partition coefficient (Wildman–Crippen LogP) is 3.31. The summed E-state index contributed by atoms with van der Waals surface area (Å²) >= 11 is 0. The van der Waals surface area contributed by atoms with Crippen LogP contribution in [-0.4, -0.2) is 32.0 Å². The molecule has 1 aromatic heterocycles. The molecule has 0 bridgehead atoms. The van der Waals surface area contributed by atoms with Crippen molar-refractivity contribution in [2.75, 3.05) is 13.9 Å². The molecule has 9 heteroatoms. The van der Waals surface area contributed by atoms with Gasteiger partial charge < -0.3 is 23.4 Å². The van der Waals surface area contributed by atoms with Gasteiger partial charge in [-0.05, 0) is 55.0 Å². The Kier molecular flexibility index (Phi) is 5.57. The minimum absolute atomic E-state index is 0.118. The Morgan fingerprint density at radius 2 is 1.90 bits per heavy atom. The third-order valence-electron chi connectivity index (χ3n) is 4.48. The molecule has 9 nitrogen and oxygen atoms in total. The number of hydrogen-bond donors (Lipinski definition) is 1. The van der Waals surface area contributed by atoms with Crippen molar-refractivity contribution in [3.8, 4) is 23.0 Å². The third kappa shape index (κ3) is 4.35. The number of methoxy groups -OCH3 is 1. The summed E-state index contributed by atoms with van der Waals surface area (Å²) in [5.74, 6) is 1.18. The molecule has 0 saturated heterocycles. The van der Waals surface area contributed by atoms with Crippen LogP contribution in [0.15, 0.2) is 58.2 Å². The smallest absolute Gasteiger partial charge is 0.343 e. The monoisotopic (exact) mass is 422 g/mol. The third-order valence-corrected chi connectivity index (χ3v) is 4.48. The highest BCUT2D eigenvalue weighted by atomic mass is 16.7. The second-order valence-electron chi connectivity index (χ2n) is 6.46. The lowest BCUT2D eigenvalue weighted by Gasteiger charge is -2.10. The summed E-state index contributed by atoms with van der Waals surface area (Å²) in [6, 6.07) is 11.2. The molecule has 0 radical (unpaired) electrons. The Balaban J connectivity index is 1.43. The summed E-state index contributed by atoms with van der Waals surface area (Å²) in [4.78, 5) is 24.5. The molecule has 2 aromatic carbocycles. The molecule has 1 aliphatic heterocycles. The molecular formula is C22H18N2O7. The Morgan fingerprint density at radius 3 is 2.68 bits per heavy atom. The van der Waals surface area contributed by atoms with Crippen LogP contribution >= 0.6 is 0 Å². The van der Waals surface area contributed by atoms with E-state index < -0.39 is 5.97 Å². The molecule has 0 atom stereocenters. The first kappa shape index (κ1) is 20.0. The van der Waals surface area contributed by atoms with Gasteiger partial charge in [0.1, 0.15) is 5.76 Å². The number of ether oxygens (including phenoxy) is 4. The van der Waals surface area contributed by atoms with Crippen molar-refractivity contribution < 1.29 is 33.0 Å². The molecule has 4 rings (SSSR count). The van der Waals surface area contributed by atoms with E-state index in [1.807, 2.05) is 0 Å². The number of fused-ring (bicyclic) bond motifs is 1. The fourth-order valence-corrected chi connectivity index (χ4v) is 2.88. The Morgan fingerprint density at radius 1 is 1.06 bits per heavy atom. The molecule has 0 saturated carbocycles. The Hall–Kier alpha value is -4.27. The van der Waals surface area contributed by atoms with Crippen LogP contribution in [0.1, 0.15) is 32.0 Å². The van der Waals surface area contributed by atoms with E-state index in [1.165, 1.54) is 19.6 Å². The number of rotatable bonds is 6. The summed E-state index contributed by atoms with van der Waals surface area (Å²) in [6.45, 7) is 1.81. The van der Waals surface area contributed by atoms with Gasteiger partial charge in [-0.3, -0.25) is 4.79 Å². The minimum Gasteiger partial charge on any atom is -0.493 e. The average molecular weight is 422 g/mol. The molecule has 0 aliphatic carbocycles. The van der Waals surface area contributed by atoms with E-state index in [9.17, 15) is 9.59 Å². The topological polar surface area (TPSA) is 109 Å². The molecule has 0 spiro atoms. The van der Waals surface area contributed by atoms with Crippen LogP contribution in [0.4, 0.5) is 0 Å². The average Bonchev–Trinajstić information content (AvgIpc) is 3.42. The van der Waals surface area contributed by atoms with E-state index >= 15 is 0 Å². The molecule has 158 valence electrons. The van der Waals surface area contributed by atoms with Crippen LogP contribution in [0.3, 0.4) is 0 Å². The molecule has 31 heavy (non-hydrogen) atoms. The summed E-state index contributed by atoms with van der Waals surface area (Å²) in [7, 11) is 1.46. The van der Waals surface area contributed by atoms with E-state index in [1.54, 1.807) is 49.4 Å². The van der Waals surface area contributed by atoms with Gasteiger partial charge >= 0.3 is 5.97 Å². The van der Waals surface area contributed by atoms with E-state index in [2.05, 4.69) is 10.5 Å². The van der Waals surface area contributed by atoms with E-state index in [4.69, 9.17) is 23.4 Å². The number of hydrazone groups is 1. The number of furan rings is 1. The molecule has 0 unspecified atom stereocenters. The van der Waals surface area contributed by atoms with Gasteiger partial charge in [0.05, 0.1) is 30.7 Å². The van der Waals surface area contributed by atoms with Crippen LogP contribution < -0.4 is 24.4 Å². The number of nitrogens with one attached hydrogen (secondary N) is 1. The van der Waals surface area contributed by atoms with Crippen molar-refractivity contribution in [3.63, 3.8) is 0 Å². The van der Waals surface area contributed by atoms with Gasteiger partial charge in [0, 0.05) is 0 Å². The van der Waals surface area contributed by atoms with Crippen molar-refractivity contribution >= 4 is 18.1 Å². The first-order valence-corrected chi connectivity index (χ1v) is 9.22. The molecule has 2 heterocycles. The molecule has 1 aliphatic rings. The zero-order chi connectivity index (χ0) is 21.8. The van der Waals surface area contributed by atoms with Crippen molar-refractivity contribution in [2.45, 2.75) is 6.92 Å². The number of carbonyl (C=O) groups excluding carboxylic acids is 2. The fourth-order valence-electron chi connectivity index (χ4n) is 2.88. The standard InChI is InChI=1S/C22H18N2O7/c1-13-16(7-8-28-13)21(25)24-23-11-14-3-5-18(19(9-14)27-2)31-22(26)15-4-6-17-20(10-15)30-12-29-17/h3-11H,12H2,1-2H3,(H,24,25). The van der Waals surface area contributed by atoms with Crippen molar-refractivity contribution in [1.29, 1.82) is 0 Å². The summed E-state index contributed by atoms with van der Waals surface area (Å²) in [5.41, 5.74) is 3.77. The maximum absolute atomic E-state index is 12.5. The number of esters is 1. The van der Waals surface area contributed by atoms with Crippen LogP contribution in [0.2, 0.25) is 0 Å². The Labute approximate surface area is 177 Å². The molecule has 1 amide bonds. The number of benzene rings is 2. The molecule has 3 aromatic rings. The second-order valence-corrected chi connectivity index (χ2v) is 6.46. The van der Waals surface area contributed by atoms with Crippen LogP contribution in [0, 0.1) is 6.92 Å². The van der Waals surface area contributed by atoms with E-state index in [0.29, 0.717) is 39.7 Å². The first-order valence-electron chi connectivity index (χ1n) is 9.22. The summed E-state index contributed by atoms with van der Waals surface area (Å²) in [5, 5.41) is 3.93. The number of amides is 1. The highest BCUT2D eigenvalue weighted by molar-refractivity contribution is 5.96. The van der Waals surface area contributed by atoms with Gasteiger partial charge in [-0.2, -0.15) is 5.10 Å². The molecular weight excluding hydrogens is 404 g/mol. The maximum atomic E-state index is 12.5. The quantitative estimate of drug-likeness (QED) is 0.281. The van der Waals surface area contributed by atoms with E-state index in [-0.39, 0.29) is 18.4 Å². The number of aryl methyl sites for hydroxylation is 1. The minimum atomic E-state index is -0.569. The molecule has 0 fully saturated rings. The second kappa shape index (κ2) is 8.62. The Bertz CT molecular complexity index is 1170. The number of carbonyl (C=O) groups is 2. The summed E-state index contributed by atoms with van der Waals surface area (Å²) < 4.78 is 26.4.